The highest BCUT2D eigenvalue weighted by atomic mass is 32.1. The minimum absolute atomic E-state index is 0.00532. The van der Waals surface area contributed by atoms with E-state index in [0.717, 1.165) is 25.3 Å². The van der Waals surface area contributed by atoms with Gasteiger partial charge in [-0.25, -0.2) is 4.98 Å². The summed E-state index contributed by atoms with van der Waals surface area (Å²) in [5.41, 5.74) is 1.29. The van der Waals surface area contributed by atoms with E-state index in [2.05, 4.69) is 40.6 Å². The normalized spacial score (nSPS) is 20.9. The summed E-state index contributed by atoms with van der Waals surface area (Å²) >= 11 is 1.85. The van der Waals surface area contributed by atoms with E-state index in [4.69, 9.17) is 0 Å². The van der Waals surface area contributed by atoms with E-state index >= 15 is 0 Å². The molecular formula is C19H24N2OS. The summed E-state index contributed by atoms with van der Waals surface area (Å²) in [6, 6.07) is 10.8. The van der Waals surface area contributed by atoms with Crippen molar-refractivity contribution in [2.24, 2.45) is 5.41 Å². The topological polar surface area (TPSA) is 45.1 Å². The van der Waals surface area contributed by atoms with Gasteiger partial charge in [0.2, 0.25) is 0 Å². The Kier molecular flexibility index (Phi) is 4.22. The van der Waals surface area contributed by atoms with Gasteiger partial charge in [-0.2, -0.15) is 0 Å². The highest BCUT2D eigenvalue weighted by Gasteiger charge is 2.44. The second-order valence-corrected chi connectivity index (χ2v) is 8.18. The van der Waals surface area contributed by atoms with Crippen LogP contribution < -0.4 is 5.32 Å². The van der Waals surface area contributed by atoms with Crippen molar-refractivity contribution in [3.8, 4) is 0 Å². The van der Waals surface area contributed by atoms with Crippen LogP contribution in [0.1, 0.15) is 59.5 Å². The van der Waals surface area contributed by atoms with Gasteiger partial charge in [-0.15, -0.1) is 11.3 Å². The van der Waals surface area contributed by atoms with Gasteiger partial charge in [-0.3, -0.25) is 0 Å². The summed E-state index contributed by atoms with van der Waals surface area (Å²) in [6.45, 7) is 1.10. The summed E-state index contributed by atoms with van der Waals surface area (Å²) in [5.74, 6) is 0.731. The van der Waals surface area contributed by atoms with Crippen LogP contribution in [-0.2, 0) is 6.54 Å². The van der Waals surface area contributed by atoms with Crippen LogP contribution in [0.25, 0.3) is 0 Å². The standard InChI is InChI=1S/C19H24N2OS/c22-13-19(9-4-10-19)17(14-5-2-1-3-6-14)20-11-16-12-21-18(23-16)15-7-8-15/h1-3,5-6,12,15,17,20,22H,4,7-11,13H2. The zero-order chi connectivity index (χ0) is 15.7. The Morgan fingerprint density at radius 3 is 2.65 bits per heavy atom. The molecule has 1 unspecified atom stereocenters. The fourth-order valence-corrected chi connectivity index (χ4v) is 4.67. The van der Waals surface area contributed by atoms with Crippen LogP contribution in [0, 0.1) is 5.41 Å². The van der Waals surface area contributed by atoms with Crippen molar-refractivity contribution < 1.29 is 5.11 Å². The molecule has 1 aromatic carbocycles. The van der Waals surface area contributed by atoms with Crippen molar-refractivity contribution in [2.75, 3.05) is 6.61 Å². The van der Waals surface area contributed by atoms with E-state index in [9.17, 15) is 5.11 Å². The SMILES string of the molecule is OCC1(C(NCc2cnc(C3CC3)s2)c2ccccc2)CCC1. The molecule has 23 heavy (non-hydrogen) atoms. The van der Waals surface area contributed by atoms with Crippen molar-refractivity contribution in [2.45, 2.75) is 50.6 Å². The lowest BCUT2D eigenvalue weighted by Crippen LogP contribution is -2.45. The van der Waals surface area contributed by atoms with Gasteiger partial charge in [0.15, 0.2) is 0 Å². The first-order valence-corrected chi connectivity index (χ1v) is 9.46. The number of aliphatic hydroxyl groups excluding tert-OH is 1. The number of hydrogen-bond acceptors (Lipinski definition) is 4. The average Bonchev–Trinajstić information content (AvgIpc) is 3.30. The van der Waals surface area contributed by atoms with Crippen molar-refractivity contribution in [3.05, 3.63) is 52.0 Å². The van der Waals surface area contributed by atoms with Crippen molar-refractivity contribution in [1.82, 2.24) is 10.3 Å². The Balaban J connectivity index is 1.50. The minimum Gasteiger partial charge on any atom is -0.396 e. The first kappa shape index (κ1) is 15.3. The number of aromatic nitrogens is 1. The number of nitrogens with zero attached hydrogens (tertiary/aromatic N) is 1. The van der Waals surface area contributed by atoms with Gasteiger partial charge >= 0.3 is 0 Å². The molecule has 4 heteroatoms. The molecule has 0 saturated heterocycles. The van der Waals surface area contributed by atoms with Gasteiger partial charge in [0.1, 0.15) is 0 Å². The summed E-state index contributed by atoms with van der Waals surface area (Å²) in [7, 11) is 0. The number of thiazole rings is 1. The minimum atomic E-state index is 0.00532. The lowest BCUT2D eigenvalue weighted by atomic mass is 9.63. The van der Waals surface area contributed by atoms with Crippen molar-refractivity contribution in [3.63, 3.8) is 0 Å². The van der Waals surface area contributed by atoms with Crippen molar-refractivity contribution in [1.29, 1.82) is 0 Å². The molecule has 0 radical (unpaired) electrons. The van der Waals surface area contributed by atoms with Gasteiger partial charge in [-0.05, 0) is 31.2 Å². The molecule has 2 saturated carbocycles. The molecule has 1 aromatic heterocycles. The summed E-state index contributed by atoms with van der Waals surface area (Å²) < 4.78 is 0. The second-order valence-electron chi connectivity index (χ2n) is 7.04. The molecule has 1 heterocycles. The molecule has 4 rings (SSSR count). The Labute approximate surface area is 141 Å². The maximum Gasteiger partial charge on any atom is 0.0959 e. The molecular weight excluding hydrogens is 304 g/mol. The number of benzene rings is 1. The fraction of sp³-hybridized carbons (Fsp3) is 0.526. The van der Waals surface area contributed by atoms with Gasteiger partial charge in [0.05, 0.1) is 11.6 Å². The summed E-state index contributed by atoms with van der Waals surface area (Å²) in [6.07, 6.45) is 8.07. The van der Waals surface area contributed by atoms with E-state index < -0.39 is 0 Å². The zero-order valence-electron chi connectivity index (χ0n) is 13.4. The number of aliphatic hydroxyl groups is 1. The third-order valence-corrected chi connectivity index (χ3v) is 6.55. The summed E-state index contributed by atoms with van der Waals surface area (Å²) in [4.78, 5) is 5.88. The fourth-order valence-electron chi connectivity index (χ4n) is 3.63. The molecule has 2 aliphatic rings. The lowest BCUT2D eigenvalue weighted by Gasteiger charge is -2.47. The van der Waals surface area contributed by atoms with E-state index in [1.165, 1.54) is 34.7 Å². The maximum atomic E-state index is 10.0. The molecule has 0 aliphatic heterocycles. The average molecular weight is 328 g/mol. The second kappa shape index (κ2) is 6.34. The number of hydrogen-bond donors (Lipinski definition) is 2. The zero-order valence-corrected chi connectivity index (χ0v) is 14.2. The van der Waals surface area contributed by atoms with Gasteiger partial charge < -0.3 is 10.4 Å². The predicted octanol–water partition coefficient (Wildman–Crippen LogP) is 4.01. The smallest absolute Gasteiger partial charge is 0.0959 e. The van der Waals surface area contributed by atoms with Crippen LogP contribution in [0.3, 0.4) is 0 Å². The lowest BCUT2D eigenvalue weighted by molar-refractivity contribution is 0.00467. The Morgan fingerprint density at radius 2 is 2.04 bits per heavy atom. The van der Waals surface area contributed by atoms with Crippen LogP contribution in [0.15, 0.2) is 36.5 Å². The van der Waals surface area contributed by atoms with E-state index in [0.29, 0.717) is 0 Å². The third-order valence-electron chi connectivity index (χ3n) is 5.39. The highest BCUT2D eigenvalue weighted by molar-refractivity contribution is 7.11. The van der Waals surface area contributed by atoms with Crippen LogP contribution in [0.5, 0.6) is 0 Å². The van der Waals surface area contributed by atoms with Crippen LogP contribution in [0.4, 0.5) is 0 Å². The molecule has 0 spiro atoms. The quantitative estimate of drug-likeness (QED) is 0.807. The van der Waals surface area contributed by atoms with Crippen LogP contribution >= 0.6 is 11.3 Å². The molecule has 0 amide bonds. The summed E-state index contributed by atoms with van der Waals surface area (Å²) in [5, 5.41) is 15.0. The van der Waals surface area contributed by atoms with E-state index in [1.54, 1.807) is 0 Å². The molecule has 0 bridgehead atoms. The molecule has 2 aromatic rings. The van der Waals surface area contributed by atoms with Gasteiger partial charge in [-0.1, -0.05) is 36.8 Å². The monoisotopic (exact) mass is 328 g/mol. The van der Waals surface area contributed by atoms with E-state index in [1.807, 2.05) is 17.5 Å². The molecule has 2 fully saturated rings. The predicted molar refractivity (Wildman–Crippen MR) is 93.5 cm³/mol. The van der Waals surface area contributed by atoms with E-state index in [-0.39, 0.29) is 18.1 Å². The first-order chi connectivity index (χ1) is 11.3. The highest BCUT2D eigenvalue weighted by Crippen LogP contribution is 2.50. The Morgan fingerprint density at radius 1 is 1.26 bits per heavy atom. The number of nitrogens with one attached hydrogen (secondary N) is 1. The largest absolute Gasteiger partial charge is 0.396 e. The first-order valence-electron chi connectivity index (χ1n) is 8.64. The van der Waals surface area contributed by atoms with Gasteiger partial charge in [0.25, 0.3) is 0 Å². The van der Waals surface area contributed by atoms with Crippen LogP contribution in [0.2, 0.25) is 0 Å². The van der Waals surface area contributed by atoms with Crippen molar-refractivity contribution >= 4 is 11.3 Å². The molecule has 3 nitrogen and oxygen atoms in total. The molecule has 122 valence electrons. The molecule has 1 atom stereocenters. The molecule has 2 aliphatic carbocycles. The Bertz CT molecular complexity index is 641. The third kappa shape index (κ3) is 3.08. The number of rotatable bonds is 7. The van der Waals surface area contributed by atoms with Crippen LogP contribution in [-0.4, -0.2) is 16.7 Å². The maximum absolute atomic E-state index is 10.0. The van der Waals surface area contributed by atoms with Gasteiger partial charge in [0, 0.05) is 35.0 Å². The Hall–Kier alpha value is -1.23. The molecule has 2 N–H and O–H groups in total.